The molecule has 0 radical (unpaired) electrons. The molecule has 3 amide bonds. The Kier molecular flexibility index (Phi) is 9.98. The standard InChI is InChI=1S/C28H28N4O5/c1-3-16-36-23-14-12-22(13-15-23)30-27(34)28(35)32-29-18-20-8-7-10-24(17-20)37-19-26(33)31-25-11-6-5-9-21(25)4-2/h3,5-15,17-18H,1,4,16,19H2,2H3,(H,30,34)(H,31,33)(H,32,35)/b29-18-. The van der Waals surface area contributed by atoms with Gasteiger partial charge in [0.05, 0.1) is 6.21 Å². The summed E-state index contributed by atoms with van der Waals surface area (Å²) in [6.07, 6.45) is 3.79. The van der Waals surface area contributed by atoms with Crippen LogP contribution >= 0.6 is 0 Å². The lowest BCUT2D eigenvalue weighted by Gasteiger charge is -2.10. The third-order valence-corrected chi connectivity index (χ3v) is 4.97. The molecule has 0 unspecified atom stereocenters. The molecular weight excluding hydrogens is 472 g/mol. The lowest BCUT2D eigenvalue weighted by molar-refractivity contribution is -0.136. The van der Waals surface area contributed by atoms with Crippen molar-refractivity contribution in [3.05, 3.63) is 96.6 Å². The van der Waals surface area contributed by atoms with Crippen LogP contribution in [0.1, 0.15) is 18.1 Å². The molecule has 3 aromatic rings. The highest BCUT2D eigenvalue weighted by atomic mass is 16.5. The second-order valence-corrected chi connectivity index (χ2v) is 7.70. The number of nitrogens with zero attached hydrogens (tertiary/aromatic N) is 1. The Morgan fingerprint density at radius 2 is 1.68 bits per heavy atom. The number of hydrogen-bond donors (Lipinski definition) is 3. The summed E-state index contributed by atoms with van der Waals surface area (Å²) in [5, 5.41) is 9.14. The third kappa shape index (κ3) is 8.66. The van der Waals surface area contributed by atoms with Gasteiger partial charge in [-0.3, -0.25) is 14.4 Å². The summed E-state index contributed by atoms with van der Waals surface area (Å²) in [6, 6.07) is 20.9. The van der Waals surface area contributed by atoms with Gasteiger partial charge in [-0.2, -0.15) is 5.10 Å². The van der Waals surface area contributed by atoms with E-state index < -0.39 is 11.8 Å². The van der Waals surface area contributed by atoms with Crippen LogP contribution in [0.4, 0.5) is 11.4 Å². The number of carbonyl (C=O) groups excluding carboxylic acids is 3. The first-order chi connectivity index (χ1) is 18.0. The fourth-order valence-corrected chi connectivity index (χ4v) is 3.16. The molecule has 9 nitrogen and oxygen atoms in total. The molecular formula is C28H28N4O5. The van der Waals surface area contributed by atoms with Crippen LogP contribution in [-0.4, -0.2) is 37.1 Å². The predicted molar refractivity (Wildman–Crippen MR) is 143 cm³/mol. The van der Waals surface area contributed by atoms with Crippen molar-refractivity contribution in [1.29, 1.82) is 0 Å². The number of benzene rings is 3. The molecule has 0 aliphatic rings. The Morgan fingerprint density at radius 1 is 0.892 bits per heavy atom. The van der Waals surface area contributed by atoms with E-state index in [0.29, 0.717) is 29.4 Å². The minimum absolute atomic E-state index is 0.170. The van der Waals surface area contributed by atoms with Crippen LogP contribution in [0.2, 0.25) is 0 Å². The first-order valence-electron chi connectivity index (χ1n) is 11.6. The molecule has 0 aliphatic heterocycles. The van der Waals surface area contributed by atoms with Gasteiger partial charge in [0, 0.05) is 11.4 Å². The third-order valence-electron chi connectivity index (χ3n) is 4.97. The number of ether oxygens (including phenoxy) is 2. The Hall–Kier alpha value is -4.92. The lowest BCUT2D eigenvalue weighted by Crippen LogP contribution is -2.32. The molecule has 9 heteroatoms. The summed E-state index contributed by atoms with van der Waals surface area (Å²) in [5.74, 6) is -1.02. The number of aryl methyl sites for hydroxylation is 1. The maximum atomic E-state index is 12.3. The number of rotatable bonds is 11. The van der Waals surface area contributed by atoms with Gasteiger partial charge >= 0.3 is 11.8 Å². The van der Waals surface area contributed by atoms with Gasteiger partial charge in [-0.15, -0.1) is 0 Å². The van der Waals surface area contributed by atoms with Crippen LogP contribution < -0.4 is 25.5 Å². The van der Waals surface area contributed by atoms with Gasteiger partial charge in [0.2, 0.25) is 0 Å². The maximum Gasteiger partial charge on any atom is 0.329 e. The number of anilines is 2. The predicted octanol–water partition coefficient (Wildman–Crippen LogP) is 3.92. The summed E-state index contributed by atoms with van der Waals surface area (Å²) in [7, 11) is 0. The molecule has 0 aromatic heterocycles. The zero-order valence-electron chi connectivity index (χ0n) is 20.4. The van der Waals surface area contributed by atoms with Crippen molar-refractivity contribution in [2.45, 2.75) is 13.3 Å². The van der Waals surface area contributed by atoms with E-state index in [1.165, 1.54) is 6.21 Å². The number of hydrazone groups is 1. The number of hydrogen-bond acceptors (Lipinski definition) is 6. The summed E-state index contributed by atoms with van der Waals surface area (Å²) in [5.41, 5.74) is 5.01. The molecule has 0 atom stereocenters. The van der Waals surface area contributed by atoms with Crippen LogP contribution in [0.15, 0.2) is 90.6 Å². The molecule has 0 bridgehead atoms. The summed E-state index contributed by atoms with van der Waals surface area (Å²) in [4.78, 5) is 36.4. The zero-order chi connectivity index (χ0) is 26.5. The van der Waals surface area contributed by atoms with Crippen LogP contribution in [-0.2, 0) is 20.8 Å². The van der Waals surface area contributed by atoms with Crippen LogP contribution in [0.25, 0.3) is 0 Å². The van der Waals surface area contributed by atoms with Crippen molar-refractivity contribution in [3.63, 3.8) is 0 Å². The molecule has 3 N–H and O–H groups in total. The average Bonchev–Trinajstić information content (AvgIpc) is 2.92. The molecule has 0 heterocycles. The Morgan fingerprint density at radius 3 is 2.43 bits per heavy atom. The lowest BCUT2D eigenvalue weighted by atomic mass is 10.1. The van der Waals surface area contributed by atoms with E-state index >= 15 is 0 Å². The number of carbonyl (C=O) groups is 3. The SMILES string of the molecule is C=CCOc1ccc(NC(=O)C(=O)N/N=C\c2cccc(OCC(=O)Nc3ccccc3CC)c2)cc1. The Balaban J connectivity index is 1.46. The van der Waals surface area contributed by atoms with Crippen LogP contribution in [0.3, 0.4) is 0 Å². The molecule has 0 fully saturated rings. The van der Waals surface area contributed by atoms with Crippen molar-refractivity contribution < 1.29 is 23.9 Å². The normalized spacial score (nSPS) is 10.4. The topological polar surface area (TPSA) is 118 Å². The first-order valence-corrected chi connectivity index (χ1v) is 11.6. The van der Waals surface area contributed by atoms with E-state index in [1.807, 2.05) is 31.2 Å². The first kappa shape index (κ1) is 26.7. The minimum Gasteiger partial charge on any atom is -0.490 e. The van der Waals surface area contributed by atoms with Crippen molar-refractivity contribution in [2.75, 3.05) is 23.8 Å². The van der Waals surface area contributed by atoms with Crippen molar-refractivity contribution in [1.82, 2.24) is 5.43 Å². The van der Waals surface area contributed by atoms with E-state index in [-0.39, 0.29) is 12.5 Å². The Bertz CT molecular complexity index is 1270. The number of nitrogens with one attached hydrogen (secondary N) is 3. The van der Waals surface area contributed by atoms with E-state index in [4.69, 9.17) is 9.47 Å². The second kappa shape index (κ2) is 13.8. The van der Waals surface area contributed by atoms with Crippen LogP contribution in [0, 0.1) is 0 Å². The van der Waals surface area contributed by atoms with Gasteiger partial charge in [-0.1, -0.05) is 49.9 Å². The summed E-state index contributed by atoms with van der Waals surface area (Å²) in [6.45, 7) is 5.79. The van der Waals surface area contributed by atoms with E-state index in [0.717, 1.165) is 17.7 Å². The summed E-state index contributed by atoms with van der Waals surface area (Å²) >= 11 is 0. The Labute approximate surface area is 215 Å². The van der Waals surface area contributed by atoms with Crippen molar-refractivity contribution in [3.8, 4) is 11.5 Å². The van der Waals surface area contributed by atoms with Gasteiger partial charge in [-0.05, 0) is 60.0 Å². The van der Waals surface area contributed by atoms with Gasteiger partial charge in [-0.25, -0.2) is 5.43 Å². The van der Waals surface area contributed by atoms with Gasteiger partial charge in [0.1, 0.15) is 18.1 Å². The van der Waals surface area contributed by atoms with E-state index in [2.05, 4.69) is 27.7 Å². The van der Waals surface area contributed by atoms with E-state index in [1.54, 1.807) is 54.6 Å². The van der Waals surface area contributed by atoms with Crippen molar-refractivity contribution >= 4 is 35.3 Å². The summed E-state index contributed by atoms with van der Waals surface area (Å²) < 4.78 is 10.9. The highest BCUT2D eigenvalue weighted by molar-refractivity contribution is 6.39. The smallest absolute Gasteiger partial charge is 0.329 e. The molecule has 0 aliphatic carbocycles. The maximum absolute atomic E-state index is 12.3. The van der Waals surface area contributed by atoms with Crippen molar-refractivity contribution in [2.24, 2.45) is 5.10 Å². The number of para-hydroxylation sites is 1. The zero-order valence-corrected chi connectivity index (χ0v) is 20.4. The highest BCUT2D eigenvalue weighted by Crippen LogP contribution is 2.17. The molecule has 0 spiro atoms. The minimum atomic E-state index is -0.931. The molecule has 0 saturated heterocycles. The number of amides is 3. The largest absolute Gasteiger partial charge is 0.490 e. The highest BCUT2D eigenvalue weighted by Gasteiger charge is 2.13. The molecule has 3 rings (SSSR count). The molecule has 190 valence electrons. The quantitative estimate of drug-likeness (QED) is 0.160. The average molecular weight is 501 g/mol. The second-order valence-electron chi connectivity index (χ2n) is 7.70. The van der Waals surface area contributed by atoms with Gasteiger partial charge < -0.3 is 20.1 Å². The van der Waals surface area contributed by atoms with Gasteiger partial charge in [0.15, 0.2) is 6.61 Å². The van der Waals surface area contributed by atoms with E-state index in [9.17, 15) is 14.4 Å². The van der Waals surface area contributed by atoms with Crippen LogP contribution in [0.5, 0.6) is 11.5 Å². The fourth-order valence-electron chi connectivity index (χ4n) is 3.16. The van der Waals surface area contributed by atoms with Gasteiger partial charge in [0.25, 0.3) is 5.91 Å². The monoisotopic (exact) mass is 500 g/mol. The molecule has 37 heavy (non-hydrogen) atoms. The molecule has 3 aromatic carbocycles. The fraction of sp³-hybridized carbons (Fsp3) is 0.143. The molecule has 0 saturated carbocycles.